The highest BCUT2D eigenvalue weighted by Gasteiger charge is 2.33. The first-order valence-corrected chi connectivity index (χ1v) is 6.92. The highest BCUT2D eigenvalue weighted by molar-refractivity contribution is 7.87. The van der Waals surface area contributed by atoms with Crippen molar-refractivity contribution < 1.29 is 8.42 Å². The number of nitrogens with zero attached hydrogens (tertiary/aromatic N) is 1. The van der Waals surface area contributed by atoms with Gasteiger partial charge in [-0.1, -0.05) is 6.92 Å². The normalized spacial score (nSPS) is 29.3. The van der Waals surface area contributed by atoms with Crippen LogP contribution < -0.4 is 10.0 Å². The van der Waals surface area contributed by atoms with Gasteiger partial charge in [0, 0.05) is 31.7 Å². The van der Waals surface area contributed by atoms with Crippen LogP contribution in [0.4, 0.5) is 0 Å². The van der Waals surface area contributed by atoms with Crippen LogP contribution >= 0.6 is 0 Å². The first-order valence-electron chi connectivity index (χ1n) is 5.48. The van der Waals surface area contributed by atoms with Crippen molar-refractivity contribution in [2.75, 3.05) is 19.6 Å². The Morgan fingerprint density at radius 3 is 2.33 bits per heavy atom. The van der Waals surface area contributed by atoms with E-state index in [1.807, 2.05) is 20.8 Å². The van der Waals surface area contributed by atoms with Gasteiger partial charge in [0.05, 0.1) is 0 Å². The second-order valence-corrected chi connectivity index (χ2v) is 5.75. The minimum atomic E-state index is -3.30. The summed E-state index contributed by atoms with van der Waals surface area (Å²) in [6, 6.07) is 0.0335. The van der Waals surface area contributed by atoms with Crippen molar-refractivity contribution in [3.63, 3.8) is 0 Å². The molecule has 0 aliphatic carbocycles. The van der Waals surface area contributed by atoms with Crippen LogP contribution in [0.5, 0.6) is 0 Å². The number of hydrogen-bond acceptors (Lipinski definition) is 3. The zero-order valence-electron chi connectivity index (χ0n) is 9.66. The van der Waals surface area contributed by atoms with Crippen molar-refractivity contribution in [3.05, 3.63) is 0 Å². The monoisotopic (exact) mass is 235 g/mol. The fraction of sp³-hybridized carbons (Fsp3) is 1.00. The van der Waals surface area contributed by atoms with Crippen molar-refractivity contribution >= 4 is 10.2 Å². The molecule has 2 atom stereocenters. The third kappa shape index (κ3) is 3.14. The maximum atomic E-state index is 12.0. The predicted molar refractivity (Wildman–Crippen MR) is 60.8 cm³/mol. The Morgan fingerprint density at radius 2 is 1.87 bits per heavy atom. The van der Waals surface area contributed by atoms with Crippen molar-refractivity contribution in [1.82, 2.24) is 14.3 Å². The Bertz CT molecular complexity index is 282. The molecule has 1 aliphatic heterocycles. The summed E-state index contributed by atoms with van der Waals surface area (Å²) in [4.78, 5) is 0. The number of piperazine rings is 1. The molecule has 1 aliphatic rings. The molecule has 0 aromatic rings. The van der Waals surface area contributed by atoms with Gasteiger partial charge in [-0.25, -0.2) is 4.72 Å². The highest BCUT2D eigenvalue weighted by Crippen LogP contribution is 2.13. The molecular formula is C9H21N3O2S. The van der Waals surface area contributed by atoms with Gasteiger partial charge in [0.15, 0.2) is 0 Å². The Morgan fingerprint density at radius 1 is 1.33 bits per heavy atom. The molecule has 0 amide bonds. The van der Waals surface area contributed by atoms with E-state index < -0.39 is 10.2 Å². The molecule has 1 heterocycles. The average molecular weight is 235 g/mol. The molecule has 0 radical (unpaired) electrons. The van der Waals surface area contributed by atoms with E-state index in [2.05, 4.69) is 10.0 Å². The molecule has 0 aromatic carbocycles. The standard InChI is InChI=1S/C9H21N3O2S/c1-4-5-11-15(13,14)12-8(2)6-10-7-9(12)3/h8-11H,4-7H2,1-3H3. The molecule has 6 heteroatoms. The molecule has 1 fully saturated rings. The van der Waals surface area contributed by atoms with Gasteiger partial charge in [0.2, 0.25) is 0 Å². The van der Waals surface area contributed by atoms with Crippen LogP contribution in [0.2, 0.25) is 0 Å². The lowest BCUT2D eigenvalue weighted by Gasteiger charge is -2.37. The second-order valence-electron chi connectivity index (χ2n) is 4.09. The van der Waals surface area contributed by atoms with Gasteiger partial charge in [0.25, 0.3) is 10.2 Å². The topological polar surface area (TPSA) is 61.4 Å². The molecule has 0 spiro atoms. The summed E-state index contributed by atoms with van der Waals surface area (Å²) in [6.45, 7) is 7.75. The summed E-state index contributed by atoms with van der Waals surface area (Å²) in [6.07, 6.45) is 0.814. The van der Waals surface area contributed by atoms with E-state index in [0.29, 0.717) is 6.54 Å². The van der Waals surface area contributed by atoms with Gasteiger partial charge in [-0.15, -0.1) is 0 Å². The Kier molecular flexibility index (Phi) is 4.51. The number of nitrogens with one attached hydrogen (secondary N) is 2. The van der Waals surface area contributed by atoms with E-state index in [9.17, 15) is 8.42 Å². The second kappa shape index (κ2) is 5.25. The molecule has 1 saturated heterocycles. The van der Waals surface area contributed by atoms with Crippen molar-refractivity contribution in [3.8, 4) is 0 Å². The lowest BCUT2D eigenvalue weighted by molar-refractivity contribution is 0.217. The number of rotatable bonds is 4. The smallest absolute Gasteiger partial charge is 0.280 e. The fourth-order valence-electron chi connectivity index (χ4n) is 1.89. The van der Waals surface area contributed by atoms with E-state index in [-0.39, 0.29) is 12.1 Å². The molecule has 2 unspecified atom stereocenters. The Labute approximate surface area is 92.4 Å². The summed E-state index contributed by atoms with van der Waals surface area (Å²) in [5, 5.41) is 3.21. The van der Waals surface area contributed by atoms with Crippen LogP contribution in [-0.2, 0) is 10.2 Å². The molecule has 0 bridgehead atoms. The summed E-state index contributed by atoms with van der Waals surface area (Å²) >= 11 is 0. The fourth-order valence-corrected chi connectivity index (χ4v) is 3.60. The summed E-state index contributed by atoms with van der Waals surface area (Å²) in [5.41, 5.74) is 0. The summed E-state index contributed by atoms with van der Waals surface area (Å²) in [5.74, 6) is 0. The van der Waals surface area contributed by atoms with Gasteiger partial charge >= 0.3 is 0 Å². The molecule has 15 heavy (non-hydrogen) atoms. The van der Waals surface area contributed by atoms with Crippen LogP contribution in [0.1, 0.15) is 27.2 Å². The zero-order chi connectivity index (χ0) is 11.5. The highest BCUT2D eigenvalue weighted by atomic mass is 32.2. The van der Waals surface area contributed by atoms with Gasteiger partial charge in [0.1, 0.15) is 0 Å². The third-order valence-electron chi connectivity index (χ3n) is 2.56. The molecule has 0 aromatic heterocycles. The summed E-state index contributed by atoms with van der Waals surface area (Å²) < 4.78 is 28.1. The largest absolute Gasteiger partial charge is 0.314 e. The molecule has 5 nitrogen and oxygen atoms in total. The predicted octanol–water partition coefficient (Wildman–Crippen LogP) is -0.0870. The molecular weight excluding hydrogens is 214 g/mol. The van der Waals surface area contributed by atoms with Crippen LogP contribution in [0.3, 0.4) is 0 Å². The Balaban J connectivity index is 2.74. The SMILES string of the molecule is CCCNS(=O)(=O)N1C(C)CNCC1C. The van der Waals surface area contributed by atoms with Gasteiger partial charge in [-0.3, -0.25) is 0 Å². The molecule has 0 saturated carbocycles. The minimum Gasteiger partial charge on any atom is -0.314 e. The lowest BCUT2D eigenvalue weighted by atomic mass is 10.2. The van der Waals surface area contributed by atoms with Crippen LogP contribution in [0.25, 0.3) is 0 Å². The van der Waals surface area contributed by atoms with Gasteiger partial charge in [-0.2, -0.15) is 12.7 Å². The van der Waals surface area contributed by atoms with Crippen molar-refractivity contribution in [2.24, 2.45) is 0 Å². The minimum absolute atomic E-state index is 0.0168. The first kappa shape index (κ1) is 12.9. The van der Waals surface area contributed by atoms with E-state index >= 15 is 0 Å². The lowest BCUT2D eigenvalue weighted by Crippen LogP contribution is -2.59. The number of hydrogen-bond donors (Lipinski definition) is 2. The van der Waals surface area contributed by atoms with Crippen LogP contribution in [0.15, 0.2) is 0 Å². The van der Waals surface area contributed by atoms with Gasteiger partial charge < -0.3 is 5.32 Å². The van der Waals surface area contributed by atoms with Crippen molar-refractivity contribution in [1.29, 1.82) is 0 Å². The van der Waals surface area contributed by atoms with E-state index in [0.717, 1.165) is 19.5 Å². The summed E-state index contributed by atoms with van der Waals surface area (Å²) in [7, 11) is -3.30. The van der Waals surface area contributed by atoms with E-state index in [4.69, 9.17) is 0 Å². The van der Waals surface area contributed by atoms with Gasteiger partial charge in [-0.05, 0) is 20.3 Å². The molecule has 1 rings (SSSR count). The zero-order valence-corrected chi connectivity index (χ0v) is 10.5. The molecule has 90 valence electrons. The average Bonchev–Trinajstić information content (AvgIpc) is 2.14. The van der Waals surface area contributed by atoms with Crippen molar-refractivity contribution in [2.45, 2.75) is 39.3 Å². The Hall–Kier alpha value is -0.170. The maximum absolute atomic E-state index is 12.0. The maximum Gasteiger partial charge on any atom is 0.280 e. The van der Waals surface area contributed by atoms with E-state index in [1.54, 1.807) is 4.31 Å². The molecule has 2 N–H and O–H groups in total. The third-order valence-corrected chi connectivity index (χ3v) is 4.40. The quantitative estimate of drug-likeness (QED) is 0.716. The van der Waals surface area contributed by atoms with Crippen LogP contribution in [-0.4, -0.2) is 44.4 Å². The van der Waals surface area contributed by atoms with E-state index in [1.165, 1.54) is 0 Å². The first-order chi connectivity index (χ1) is 6.99. The van der Waals surface area contributed by atoms with Crippen LogP contribution in [0, 0.1) is 0 Å².